The highest BCUT2D eigenvalue weighted by molar-refractivity contribution is 4.96. The summed E-state index contributed by atoms with van der Waals surface area (Å²) in [5.74, 6) is 0. The summed E-state index contributed by atoms with van der Waals surface area (Å²) in [6.45, 7) is 6.60. The highest BCUT2D eigenvalue weighted by Crippen LogP contribution is 2.21. The fourth-order valence-electron chi connectivity index (χ4n) is 2.03. The van der Waals surface area contributed by atoms with Crippen molar-refractivity contribution < 1.29 is 14.2 Å². The molecule has 102 valence electrons. The molecule has 18 heavy (non-hydrogen) atoms. The average molecular weight is 255 g/mol. The van der Waals surface area contributed by atoms with E-state index in [1.165, 1.54) is 0 Å². The van der Waals surface area contributed by atoms with E-state index in [1.54, 1.807) is 0 Å². The van der Waals surface area contributed by atoms with Crippen LogP contribution in [-0.2, 0) is 14.2 Å². The highest BCUT2D eigenvalue weighted by atomic mass is 16.7. The van der Waals surface area contributed by atoms with Crippen LogP contribution in [0.25, 0.3) is 0 Å². The van der Waals surface area contributed by atoms with Crippen molar-refractivity contribution in [3.8, 4) is 0 Å². The quantitative estimate of drug-likeness (QED) is 0.724. The average Bonchev–Trinajstić information content (AvgIpc) is 2.89. The van der Waals surface area contributed by atoms with Crippen LogP contribution < -0.4 is 0 Å². The topological polar surface area (TPSA) is 58.4 Å². The molecule has 0 spiro atoms. The maximum atomic E-state index is 5.50. The summed E-state index contributed by atoms with van der Waals surface area (Å²) >= 11 is 0. The van der Waals surface area contributed by atoms with Crippen LogP contribution in [0.5, 0.6) is 0 Å². The Kier molecular flexibility index (Phi) is 5.10. The molecule has 6 heteroatoms. The van der Waals surface area contributed by atoms with Crippen LogP contribution >= 0.6 is 0 Å². The molecular weight excluding hydrogens is 234 g/mol. The first-order chi connectivity index (χ1) is 8.85. The predicted octanol–water partition coefficient (Wildman–Crippen LogP) is 1.70. The molecule has 0 radical (unpaired) electrons. The van der Waals surface area contributed by atoms with E-state index >= 15 is 0 Å². The van der Waals surface area contributed by atoms with Crippen LogP contribution in [0.3, 0.4) is 0 Å². The first-order valence-corrected chi connectivity index (χ1v) is 6.57. The van der Waals surface area contributed by atoms with Gasteiger partial charge >= 0.3 is 0 Å². The second-order valence-corrected chi connectivity index (χ2v) is 4.24. The van der Waals surface area contributed by atoms with Gasteiger partial charge in [0.1, 0.15) is 5.69 Å². The van der Waals surface area contributed by atoms with Gasteiger partial charge in [-0.15, -0.1) is 5.10 Å². The third-order valence-corrected chi connectivity index (χ3v) is 2.92. The fraction of sp³-hybridized carbons (Fsp3) is 0.833. The van der Waals surface area contributed by atoms with Gasteiger partial charge in [-0.05, 0) is 26.7 Å². The Labute approximate surface area is 107 Å². The molecule has 0 aliphatic carbocycles. The number of ether oxygens (including phenoxy) is 3. The molecule has 1 aliphatic heterocycles. The molecule has 0 amide bonds. The number of nitrogens with zero attached hydrogens (tertiary/aromatic N) is 3. The van der Waals surface area contributed by atoms with Crippen molar-refractivity contribution in [2.24, 2.45) is 0 Å². The molecule has 2 heterocycles. The Morgan fingerprint density at radius 1 is 1.44 bits per heavy atom. The van der Waals surface area contributed by atoms with E-state index in [-0.39, 0.29) is 6.04 Å². The molecule has 0 saturated carbocycles. The molecule has 1 aromatic heterocycles. The van der Waals surface area contributed by atoms with Gasteiger partial charge in [-0.1, -0.05) is 5.21 Å². The minimum Gasteiger partial charge on any atom is -0.379 e. The lowest BCUT2D eigenvalue weighted by Gasteiger charge is -2.21. The van der Waals surface area contributed by atoms with Crippen LogP contribution in [0.1, 0.15) is 44.7 Å². The predicted molar refractivity (Wildman–Crippen MR) is 65.1 cm³/mol. The maximum absolute atomic E-state index is 5.50. The third-order valence-electron chi connectivity index (χ3n) is 2.92. The van der Waals surface area contributed by atoms with Gasteiger partial charge in [0.2, 0.25) is 6.29 Å². The molecule has 2 rings (SSSR count). The maximum Gasteiger partial charge on any atom is 0.204 e. The monoisotopic (exact) mass is 255 g/mol. The molecule has 1 aromatic rings. The van der Waals surface area contributed by atoms with Crippen LogP contribution in [0.2, 0.25) is 0 Å². The Morgan fingerprint density at radius 2 is 2.22 bits per heavy atom. The normalized spacial score (nSPS) is 20.5. The molecule has 0 N–H and O–H groups in total. The van der Waals surface area contributed by atoms with E-state index in [0.717, 1.165) is 25.1 Å². The van der Waals surface area contributed by atoms with E-state index in [0.29, 0.717) is 19.8 Å². The van der Waals surface area contributed by atoms with E-state index in [2.05, 4.69) is 10.3 Å². The molecule has 1 fully saturated rings. The zero-order chi connectivity index (χ0) is 12.8. The molecule has 6 nitrogen and oxygen atoms in total. The summed E-state index contributed by atoms with van der Waals surface area (Å²) in [7, 11) is 0. The molecule has 1 unspecified atom stereocenters. The molecule has 1 aliphatic rings. The van der Waals surface area contributed by atoms with Crippen molar-refractivity contribution in [2.45, 2.75) is 39.0 Å². The lowest BCUT2D eigenvalue weighted by molar-refractivity contribution is -0.142. The van der Waals surface area contributed by atoms with Crippen LogP contribution in [0, 0.1) is 0 Å². The van der Waals surface area contributed by atoms with E-state index in [1.807, 2.05) is 24.7 Å². The van der Waals surface area contributed by atoms with Crippen molar-refractivity contribution in [1.29, 1.82) is 0 Å². The van der Waals surface area contributed by atoms with Gasteiger partial charge < -0.3 is 14.2 Å². The Hall–Kier alpha value is -0.980. The Bertz CT molecular complexity index is 344. The summed E-state index contributed by atoms with van der Waals surface area (Å²) in [6, 6.07) is 0.281. The van der Waals surface area contributed by atoms with Crippen LogP contribution in [-0.4, -0.2) is 41.4 Å². The van der Waals surface area contributed by atoms with Crippen LogP contribution in [0.4, 0.5) is 0 Å². The third kappa shape index (κ3) is 3.28. The summed E-state index contributed by atoms with van der Waals surface area (Å²) in [6.07, 6.45) is 3.63. The molecule has 1 atom stereocenters. The molecule has 0 bridgehead atoms. The fourth-order valence-corrected chi connectivity index (χ4v) is 2.03. The van der Waals surface area contributed by atoms with Gasteiger partial charge in [0.25, 0.3) is 0 Å². The van der Waals surface area contributed by atoms with Crippen LogP contribution in [0.15, 0.2) is 6.20 Å². The molecular formula is C12H21N3O3. The number of aromatic nitrogens is 3. The second-order valence-electron chi connectivity index (χ2n) is 4.24. The van der Waals surface area contributed by atoms with Gasteiger partial charge in [-0.3, -0.25) is 0 Å². The van der Waals surface area contributed by atoms with Crippen molar-refractivity contribution in [3.05, 3.63) is 11.9 Å². The van der Waals surface area contributed by atoms with Gasteiger partial charge in [-0.25, -0.2) is 4.68 Å². The number of rotatable bonds is 6. The van der Waals surface area contributed by atoms with E-state index in [9.17, 15) is 0 Å². The van der Waals surface area contributed by atoms with Crippen molar-refractivity contribution in [3.63, 3.8) is 0 Å². The zero-order valence-corrected chi connectivity index (χ0v) is 11.0. The first-order valence-electron chi connectivity index (χ1n) is 6.57. The molecule has 1 saturated heterocycles. The largest absolute Gasteiger partial charge is 0.379 e. The summed E-state index contributed by atoms with van der Waals surface area (Å²) in [5.41, 5.74) is 0.726. The van der Waals surface area contributed by atoms with E-state index in [4.69, 9.17) is 14.2 Å². The summed E-state index contributed by atoms with van der Waals surface area (Å²) in [5, 5.41) is 8.29. The number of hydrogen-bond donors (Lipinski definition) is 0. The lowest BCUT2D eigenvalue weighted by atomic mass is 10.1. The minimum absolute atomic E-state index is 0.281. The Balaban J connectivity index is 2.02. The summed E-state index contributed by atoms with van der Waals surface area (Å²) < 4.78 is 18.3. The van der Waals surface area contributed by atoms with Gasteiger partial charge in [0, 0.05) is 19.8 Å². The van der Waals surface area contributed by atoms with Gasteiger partial charge in [-0.2, -0.15) is 0 Å². The number of hydrogen-bond acceptors (Lipinski definition) is 5. The van der Waals surface area contributed by atoms with E-state index < -0.39 is 6.29 Å². The zero-order valence-electron chi connectivity index (χ0n) is 11.0. The van der Waals surface area contributed by atoms with Crippen molar-refractivity contribution in [2.75, 3.05) is 26.4 Å². The van der Waals surface area contributed by atoms with Gasteiger partial charge in [0.05, 0.1) is 18.8 Å². The second kappa shape index (κ2) is 6.82. The highest BCUT2D eigenvalue weighted by Gasteiger charge is 2.21. The Morgan fingerprint density at radius 3 is 2.83 bits per heavy atom. The smallest absolute Gasteiger partial charge is 0.204 e. The minimum atomic E-state index is -0.418. The van der Waals surface area contributed by atoms with Crippen molar-refractivity contribution >= 4 is 0 Å². The SMILES string of the molecule is CCOC(OCC)c1cn(C2CCCOC2)nn1. The summed E-state index contributed by atoms with van der Waals surface area (Å²) in [4.78, 5) is 0. The standard InChI is InChI=1S/C12H21N3O3/c1-3-17-12(18-4-2)11-8-15(14-13-11)10-6-5-7-16-9-10/h8,10,12H,3-7,9H2,1-2H3. The first kappa shape index (κ1) is 13.5. The lowest BCUT2D eigenvalue weighted by Crippen LogP contribution is -2.21. The van der Waals surface area contributed by atoms with Gasteiger partial charge in [0.15, 0.2) is 0 Å². The van der Waals surface area contributed by atoms with Crippen molar-refractivity contribution in [1.82, 2.24) is 15.0 Å². The molecule has 0 aromatic carbocycles.